The van der Waals surface area contributed by atoms with Crippen molar-refractivity contribution < 1.29 is 9.90 Å². The van der Waals surface area contributed by atoms with Crippen molar-refractivity contribution in [3.8, 4) is 5.75 Å². The van der Waals surface area contributed by atoms with Gasteiger partial charge >= 0.3 is 0 Å². The molecule has 0 aliphatic rings. The van der Waals surface area contributed by atoms with Crippen molar-refractivity contribution in [3.05, 3.63) is 74.7 Å². The summed E-state index contributed by atoms with van der Waals surface area (Å²) < 4.78 is 2.90. The molecule has 0 saturated heterocycles. The van der Waals surface area contributed by atoms with Crippen LogP contribution in [0.25, 0.3) is 10.8 Å². The Balaban J connectivity index is 1.27. The molecule has 2 N–H and O–H groups in total. The van der Waals surface area contributed by atoms with Crippen LogP contribution in [-0.4, -0.2) is 33.2 Å². The number of amides is 1. The summed E-state index contributed by atoms with van der Waals surface area (Å²) in [6, 6.07) is 18.1. The normalized spacial score (nSPS) is 11.3. The Hall–Kier alpha value is -1.92. The number of phenols is 1. The van der Waals surface area contributed by atoms with E-state index >= 15 is 0 Å². The van der Waals surface area contributed by atoms with Gasteiger partial charge in [0.05, 0.1) is 16.4 Å². The van der Waals surface area contributed by atoms with Gasteiger partial charge in [-0.05, 0) is 44.4 Å². The van der Waals surface area contributed by atoms with Gasteiger partial charge < -0.3 is 5.11 Å². The minimum absolute atomic E-state index is 0.0490. The summed E-state index contributed by atoms with van der Waals surface area (Å²) in [4.78, 5) is 12.1. The first-order valence-corrected chi connectivity index (χ1v) is 13.9. The second-order valence-electron chi connectivity index (χ2n) is 6.67. The van der Waals surface area contributed by atoms with Crippen molar-refractivity contribution >= 4 is 89.6 Å². The first-order chi connectivity index (χ1) is 16.0. The first kappa shape index (κ1) is 24.2. The SMILES string of the molecule is O=C(CSc1nnc(SCc2cccc3ccccc23)s1)NN=Cc1cc(Br)cc(Br)c1O. The molecule has 6 nitrogen and oxygen atoms in total. The number of hydrogen-bond donors (Lipinski definition) is 2. The minimum atomic E-state index is -0.273. The number of fused-ring (bicyclic) bond motifs is 1. The maximum absolute atomic E-state index is 12.1. The highest BCUT2D eigenvalue weighted by atomic mass is 79.9. The Bertz CT molecular complexity index is 1320. The Morgan fingerprint density at radius 2 is 1.85 bits per heavy atom. The standard InChI is InChI=1S/C22H16Br2N4O2S3/c23-16-8-15(20(30)18(24)9-16)10-25-26-19(29)12-32-22-28-27-21(33-22)31-11-14-6-3-5-13-4-1-2-7-17(13)14/h1-10,30H,11-12H2,(H,26,29). The number of hydrogen-bond acceptors (Lipinski definition) is 8. The lowest BCUT2D eigenvalue weighted by Gasteiger charge is -2.04. The maximum atomic E-state index is 12.1. The summed E-state index contributed by atoms with van der Waals surface area (Å²) in [5.74, 6) is 0.737. The molecule has 1 amide bonds. The molecule has 0 saturated carbocycles. The summed E-state index contributed by atoms with van der Waals surface area (Å²) in [5, 5.41) is 24.8. The van der Waals surface area contributed by atoms with Crippen molar-refractivity contribution in [2.24, 2.45) is 5.10 Å². The molecule has 0 atom stereocenters. The molecule has 0 aliphatic heterocycles. The lowest BCUT2D eigenvalue weighted by atomic mass is 10.1. The van der Waals surface area contributed by atoms with E-state index in [4.69, 9.17) is 0 Å². The third-order valence-corrected chi connectivity index (χ3v) is 8.70. The number of nitrogens with one attached hydrogen (secondary N) is 1. The van der Waals surface area contributed by atoms with Crippen molar-refractivity contribution in [2.45, 2.75) is 14.4 Å². The molecule has 0 aliphatic carbocycles. The van der Waals surface area contributed by atoms with E-state index in [1.807, 2.05) is 12.1 Å². The molecule has 0 fully saturated rings. The molecule has 3 aromatic carbocycles. The number of nitrogens with zero attached hydrogens (tertiary/aromatic N) is 3. The number of halogens is 2. The van der Waals surface area contributed by atoms with Crippen molar-refractivity contribution in [2.75, 3.05) is 5.75 Å². The van der Waals surface area contributed by atoms with E-state index in [2.05, 4.69) is 82.9 Å². The molecule has 0 unspecified atom stereocenters. The van der Waals surface area contributed by atoms with E-state index in [1.54, 1.807) is 23.9 Å². The third kappa shape index (κ3) is 6.57. The minimum Gasteiger partial charge on any atom is -0.506 e. The average molecular weight is 624 g/mol. The van der Waals surface area contributed by atoms with Crippen LogP contribution in [0.5, 0.6) is 5.75 Å². The van der Waals surface area contributed by atoms with E-state index in [9.17, 15) is 9.90 Å². The molecule has 33 heavy (non-hydrogen) atoms. The van der Waals surface area contributed by atoms with Gasteiger partial charge in [0.15, 0.2) is 8.68 Å². The van der Waals surface area contributed by atoms with Crippen LogP contribution in [-0.2, 0) is 10.5 Å². The van der Waals surface area contributed by atoms with Crippen LogP contribution in [0.4, 0.5) is 0 Å². The van der Waals surface area contributed by atoms with Crippen LogP contribution in [0.3, 0.4) is 0 Å². The van der Waals surface area contributed by atoms with Crippen LogP contribution in [0.15, 0.2) is 77.3 Å². The van der Waals surface area contributed by atoms with Gasteiger partial charge in [-0.15, -0.1) is 10.2 Å². The molecule has 11 heteroatoms. The first-order valence-electron chi connectivity index (χ1n) is 9.55. The van der Waals surface area contributed by atoms with Crippen LogP contribution in [0, 0.1) is 0 Å². The smallest absolute Gasteiger partial charge is 0.250 e. The number of carbonyl (C=O) groups is 1. The highest BCUT2D eigenvalue weighted by Crippen LogP contribution is 2.33. The fraction of sp³-hybridized carbons (Fsp3) is 0.0909. The van der Waals surface area contributed by atoms with E-state index in [0.29, 0.717) is 10.0 Å². The van der Waals surface area contributed by atoms with Gasteiger partial charge in [-0.1, -0.05) is 93.3 Å². The van der Waals surface area contributed by atoms with Gasteiger partial charge in [0.2, 0.25) is 0 Å². The molecule has 4 aromatic rings. The summed E-state index contributed by atoms with van der Waals surface area (Å²) in [6.07, 6.45) is 1.39. The molecule has 168 valence electrons. The number of carbonyl (C=O) groups excluding carboxylic acids is 1. The number of aromatic nitrogens is 2. The van der Waals surface area contributed by atoms with Crippen LogP contribution in [0.2, 0.25) is 0 Å². The Morgan fingerprint density at radius 1 is 1.09 bits per heavy atom. The van der Waals surface area contributed by atoms with Gasteiger partial charge in [0.1, 0.15) is 5.75 Å². The number of aromatic hydroxyl groups is 1. The number of thioether (sulfide) groups is 2. The van der Waals surface area contributed by atoms with Gasteiger partial charge in [-0.25, -0.2) is 5.43 Å². The number of hydrazone groups is 1. The third-order valence-electron chi connectivity index (χ3n) is 4.40. The highest BCUT2D eigenvalue weighted by molar-refractivity contribution is 9.11. The van der Waals surface area contributed by atoms with Crippen molar-refractivity contribution in [3.63, 3.8) is 0 Å². The maximum Gasteiger partial charge on any atom is 0.250 e. The van der Waals surface area contributed by atoms with E-state index < -0.39 is 0 Å². The van der Waals surface area contributed by atoms with Gasteiger partial charge in [0, 0.05) is 15.8 Å². The fourth-order valence-electron chi connectivity index (χ4n) is 2.89. The van der Waals surface area contributed by atoms with Gasteiger partial charge in [-0.2, -0.15) is 5.10 Å². The number of rotatable bonds is 8. The van der Waals surface area contributed by atoms with E-state index in [-0.39, 0.29) is 17.4 Å². The predicted octanol–water partition coefficient (Wildman–Crippen LogP) is 6.46. The highest BCUT2D eigenvalue weighted by Gasteiger charge is 2.10. The second-order valence-corrected chi connectivity index (χ2v) is 11.9. The van der Waals surface area contributed by atoms with E-state index in [0.717, 1.165) is 18.9 Å². The van der Waals surface area contributed by atoms with Gasteiger partial charge in [0.25, 0.3) is 5.91 Å². The molecular formula is C22H16Br2N4O2S3. The molecule has 0 bridgehead atoms. The lowest BCUT2D eigenvalue weighted by Crippen LogP contribution is -2.19. The Morgan fingerprint density at radius 3 is 2.70 bits per heavy atom. The largest absolute Gasteiger partial charge is 0.506 e. The lowest BCUT2D eigenvalue weighted by molar-refractivity contribution is -0.118. The second kappa shape index (κ2) is 11.5. The van der Waals surface area contributed by atoms with Crippen LogP contribution < -0.4 is 5.43 Å². The summed E-state index contributed by atoms with van der Waals surface area (Å²) >= 11 is 11.0. The number of benzene rings is 3. The monoisotopic (exact) mass is 622 g/mol. The van der Waals surface area contributed by atoms with Crippen LogP contribution >= 0.6 is 66.7 Å². The molecule has 1 aromatic heterocycles. The fourth-order valence-corrected chi connectivity index (χ4v) is 6.96. The zero-order valence-corrected chi connectivity index (χ0v) is 22.5. The Kier molecular flexibility index (Phi) is 8.42. The average Bonchev–Trinajstić information content (AvgIpc) is 3.27. The topological polar surface area (TPSA) is 87.5 Å². The van der Waals surface area contributed by atoms with Gasteiger partial charge in [-0.3, -0.25) is 4.79 Å². The van der Waals surface area contributed by atoms with E-state index in [1.165, 1.54) is 45.6 Å². The molecule has 1 heterocycles. The quantitative estimate of drug-likeness (QED) is 0.133. The summed E-state index contributed by atoms with van der Waals surface area (Å²) in [7, 11) is 0. The molecule has 0 spiro atoms. The number of phenolic OH excluding ortho intramolecular Hbond substituents is 1. The predicted molar refractivity (Wildman–Crippen MR) is 143 cm³/mol. The molecule has 4 rings (SSSR count). The van der Waals surface area contributed by atoms with Crippen molar-refractivity contribution in [1.29, 1.82) is 0 Å². The Labute approximate surface area is 219 Å². The van der Waals surface area contributed by atoms with Crippen LogP contribution in [0.1, 0.15) is 11.1 Å². The zero-order valence-electron chi connectivity index (χ0n) is 16.9. The summed E-state index contributed by atoms with van der Waals surface area (Å²) in [6.45, 7) is 0. The van der Waals surface area contributed by atoms with Crippen molar-refractivity contribution in [1.82, 2.24) is 15.6 Å². The zero-order chi connectivity index (χ0) is 23.2. The molecular weight excluding hydrogens is 608 g/mol. The summed E-state index contributed by atoms with van der Waals surface area (Å²) in [5.41, 5.74) is 4.18. The molecule has 0 radical (unpaired) electrons.